The standard InChI is InChI=1S/C15H13N3O2/c1-11(12-5-3-2-4-6-12)17-15-8-7-14(18(19)20)9-13(15)10-16/h2-9,11,17H,1H3/t11-/m0/s1. The fraction of sp³-hybridized carbons (Fsp3) is 0.133. The summed E-state index contributed by atoms with van der Waals surface area (Å²) in [5.41, 5.74) is 1.85. The smallest absolute Gasteiger partial charge is 0.270 e. The number of nitrogens with one attached hydrogen (secondary N) is 1. The number of anilines is 1. The van der Waals surface area contributed by atoms with Crippen LogP contribution >= 0.6 is 0 Å². The summed E-state index contributed by atoms with van der Waals surface area (Å²) >= 11 is 0. The number of hydrogen-bond donors (Lipinski definition) is 1. The van der Waals surface area contributed by atoms with Crippen LogP contribution in [0.4, 0.5) is 11.4 Å². The zero-order valence-electron chi connectivity index (χ0n) is 10.9. The summed E-state index contributed by atoms with van der Waals surface area (Å²) in [6.07, 6.45) is 0. The molecule has 0 bridgehead atoms. The molecule has 2 aromatic carbocycles. The molecule has 0 saturated heterocycles. The molecule has 5 nitrogen and oxygen atoms in total. The van der Waals surface area contributed by atoms with Crippen molar-refractivity contribution in [2.45, 2.75) is 13.0 Å². The zero-order chi connectivity index (χ0) is 14.5. The van der Waals surface area contributed by atoms with Gasteiger partial charge in [0, 0.05) is 18.2 Å². The molecule has 20 heavy (non-hydrogen) atoms. The van der Waals surface area contributed by atoms with Gasteiger partial charge in [0.05, 0.1) is 16.2 Å². The zero-order valence-corrected chi connectivity index (χ0v) is 10.9. The molecule has 5 heteroatoms. The molecule has 2 aromatic rings. The van der Waals surface area contributed by atoms with Crippen LogP contribution in [0.3, 0.4) is 0 Å². The average Bonchev–Trinajstić information content (AvgIpc) is 2.48. The van der Waals surface area contributed by atoms with Crippen molar-refractivity contribution in [1.82, 2.24) is 0 Å². The first kappa shape index (κ1) is 13.6. The molecule has 0 aliphatic carbocycles. The van der Waals surface area contributed by atoms with Crippen LogP contribution in [0, 0.1) is 21.4 Å². The molecule has 100 valence electrons. The fourth-order valence-corrected chi connectivity index (χ4v) is 1.92. The maximum absolute atomic E-state index is 10.7. The number of nitrogens with zero attached hydrogens (tertiary/aromatic N) is 2. The summed E-state index contributed by atoms with van der Waals surface area (Å²) < 4.78 is 0. The lowest BCUT2D eigenvalue weighted by atomic mass is 10.1. The SMILES string of the molecule is C[C@H](Nc1ccc([N+](=O)[O-])cc1C#N)c1ccccc1. The molecule has 0 aromatic heterocycles. The van der Waals surface area contributed by atoms with Gasteiger partial charge in [-0.1, -0.05) is 30.3 Å². The normalized spacial score (nSPS) is 11.4. The Bertz CT molecular complexity index is 663. The Balaban J connectivity index is 2.26. The molecule has 0 aliphatic rings. The van der Waals surface area contributed by atoms with E-state index in [0.717, 1.165) is 5.56 Å². The quantitative estimate of drug-likeness (QED) is 0.677. The van der Waals surface area contributed by atoms with Crippen LogP contribution in [-0.4, -0.2) is 4.92 Å². The molecule has 0 amide bonds. The predicted molar refractivity (Wildman–Crippen MR) is 76.3 cm³/mol. The summed E-state index contributed by atoms with van der Waals surface area (Å²) in [5.74, 6) is 0. The Morgan fingerprint density at radius 2 is 1.95 bits per heavy atom. The Labute approximate surface area is 116 Å². The van der Waals surface area contributed by atoms with Crippen LogP contribution < -0.4 is 5.32 Å². The predicted octanol–water partition coefficient (Wildman–Crippen LogP) is 3.64. The lowest BCUT2D eigenvalue weighted by Crippen LogP contribution is -2.07. The van der Waals surface area contributed by atoms with E-state index < -0.39 is 4.92 Å². The van der Waals surface area contributed by atoms with Crippen LogP contribution in [0.15, 0.2) is 48.5 Å². The fourth-order valence-electron chi connectivity index (χ4n) is 1.92. The molecule has 0 heterocycles. The molecule has 0 unspecified atom stereocenters. The van der Waals surface area contributed by atoms with Crippen molar-refractivity contribution in [1.29, 1.82) is 5.26 Å². The second-order valence-corrected chi connectivity index (χ2v) is 4.38. The minimum atomic E-state index is -0.509. The lowest BCUT2D eigenvalue weighted by molar-refractivity contribution is -0.384. The number of non-ortho nitro benzene ring substituents is 1. The molecule has 0 fully saturated rings. The average molecular weight is 267 g/mol. The van der Waals surface area contributed by atoms with E-state index in [1.807, 2.05) is 43.3 Å². The minimum absolute atomic E-state index is 0.00440. The number of benzene rings is 2. The molecule has 2 rings (SSSR count). The van der Waals surface area contributed by atoms with Gasteiger partial charge < -0.3 is 5.32 Å². The molecule has 0 aliphatic heterocycles. The third-order valence-electron chi connectivity index (χ3n) is 3.01. The van der Waals surface area contributed by atoms with Gasteiger partial charge in [-0.25, -0.2) is 0 Å². The monoisotopic (exact) mass is 267 g/mol. The van der Waals surface area contributed by atoms with E-state index in [1.165, 1.54) is 12.1 Å². The van der Waals surface area contributed by atoms with Crippen LogP contribution in [0.2, 0.25) is 0 Å². The van der Waals surface area contributed by atoms with Crippen molar-refractivity contribution in [3.63, 3.8) is 0 Å². The van der Waals surface area contributed by atoms with E-state index in [9.17, 15) is 10.1 Å². The Morgan fingerprint density at radius 1 is 1.25 bits per heavy atom. The maximum atomic E-state index is 10.7. The van der Waals surface area contributed by atoms with Gasteiger partial charge in [-0.05, 0) is 18.6 Å². The highest BCUT2D eigenvalue weighted by atomic mass is 16.6. The molecular weight excluding hydrogens is 254 g/mol. The van der Waals surface area contributed by atoms with E-state index in [1.54, 1.807) is 6.07 Å². The van der Waals surface area contributed by atoms with Gasteiger partial charge in [0.2, 0.25) is 0 Å². The molecule has 0 spiro atoms. The van der Waals surface area contributed by atoms with E-state index in [4.69, 9.17) is 5.26 Å². The molecular formula is C15H13N3O2. The van der Waals surface area contributed by atoms with Crippen molar-refractivity contribution < 1.29 is 4.92 Å². The first-order chi connectivity index (χ1) is 9.61. The van der Waals surface area contributed by atoms with Crippen LogP contribution in [0.5, 0.6) is 0 Å². The molecule has 0 radical (unpaired) electrons. The lowest BCUT2D eigenvalue weighted by Gasteiger charge is -2.16. The van der Waals surface area contributed by atoms with Crippen molar-refractivity contribution in [2.75, 3.05) is 5.32 Å². The number of nitro groups is 1. The van der Waals surface area contributed by atoms with Crippen LogP contribution in [0.1, 0.15) is 24.1 Å². The Morgan fingerprint density at radius 3 is 2.55 bits per heavy atom. The summed E-state index contributed by atoms with van der Waals surface area (Å²) in [7, 11) is 0. The van der Waals surface area contributed by atoms with E-state index in [0.29, 0.717) is 5.69 Å². The first-order valence-electron chi connectivity index (χ1n) is 6.12. The Kier molecular flexibility index (Phi) is 3.96. The van der Waals surface area contributed by atoms with Gasteiger partial charge >= 0.3 is 0 Å². The van der Waals surface area contributed by atoms with Gasteiger partial charge in [0.1, 0.15) is 6.07 Å². The highest BCUT2D eigenvalue weighted by molar-refractivity contribution is 5.62. The van der Waals surface area contributed by atoms with Gasteiger partial charge in [-0.2, -0.15) is 5.26 Å². The molecule has 1 N–H and O–H groups in total. The number of nitriles is 1. The van der Waals surface area contributed by atoms with Crippen LogP contribution in [-0.2, 0) is 0 Å². The summed E-state index contributed by atoms with van der Waals surface area (Å²) in [4.78, 5) is 10.2. The first-order valence-corrected chi connectivity index (χ1v) is 6.12. The second kappa shape index (κ2) is 5.85. The third kappa shape index (κ3) is 2.93. The molecule has 1 atom stereocenters. The van der Waals surface area contributed by atoms with Crippen molar-refractivity contribution in [2.24, 2.45) is 0 Å². The second-order valence-electron chi connectivity index (χ2n) is 4.38. The van der Waals surface area contributed by atoms with E-state index in [-0.39, 0.29) is 17.3 Å². The Hall–Kier alpha value is -2.87. The van der Waals surface area contributed by atoms with Crippen LogP contribution in [0.25, 0.3) is 0 Å². The summed E-state index contributed by atoms with van der Waals surface area (Å²) in [5, 5.41) is 23.0. The van der Waals surface area contributed by atoms with Crippen molar-refractivity contribution >= 4 is 11.4 Å². The summed E-state index contributed by atoms with van der Waals surface area (Å²) in [6.45, 7) is 1.97. The topological polar surface area (TPSA) is 79.0 Å². The largest absolute Gasteiger partial charge is 0.377 e. The van der Waals surface area contributed by atoms with E-state index in [2.05, 4.69) is 5.32 Å². The number of rotatable bonds is 4. The van der Waals surface area contributed by atoms with Gasteiger partial charge in [0.15, 0.2) is 0 Å². The molecule has 0 saturated carbocycles. The minimum Gasteiger partial charge on any atom is -0.377 e. The number of hydrogen-bond acceptors (Lipinski definition) is 4. The highest BCUT2D eigenvalue weighted by Gasteiger charge is 2.12. The number of nitro benzene ring substituents is 1. The van der Waals surface area contributed by atoms with Gasteiger partial charge in [0.25, 0.3) is 5.69 Å². The van der Waals surface area contributed by atoms with Crippen molar-refractivity contribution in [3.8, 4) is 6.07 Å². The van der Waals surface area contributed by atoms with E-state index >= 15 is 0 Å². The third-order valence-corrected chi connectivity index (χ3v) is 3.01. The highest BCUT2D eigenvalue weighted by Crippen LogP contribution is 2.25. The van der Waals surface area contributed by atoms with Gasteiger partial charge in [-0.15, -0.1) is 0 Å². The maximum Gasteiger partial charge on any atom is 0.270 e. The van der Waals surface area contributed by atoms with Gasteiger partial charge in [-0.3, -0.25) is 10.1 Å². The van der Waals surface area contributed by atoms with Crippen molar-refractivity contribution in [3.05, 3.63) is 69.8 Å². The summed E-state index contributed by atoms with van der Waals surface area (Å²) in [6, 6.07) is 16.0.